The molecule has 3 heteroatoms. The number of hydrogen-bond acceptors (Lipinski definition) is 2. The maximum atomic E-state index is 12.5. The molecule has 0 radical (unpaired) electrons. The lowest BCUT2D eigenvalue weighted by atomic mass is 9.94. The van der Waals surface area contributed by atoms with Crippen LogP contribution in [0.4, 0.5) is 0 Å². The Balaban J connectivity index is 2.10. The Hall–Kier alpha value is -1.35. The largest absolute Gasteiger partial charge is 0.341 e. The van der Waals surface area contributed by atoms with Crippen molar-refractivity contribution in [2.24, 2.45) is 5.73 Å². The first-order valence-corrected chi connectivity index (χ1v) is 6.81. The van der Waals surface area contributed by atoms with Crippen LogP contribution in [-0.2, 0) is 4.79 Å². The molecule has 1 aliphatic heterocycles. The van der Waals surface area contributed by atoms with Gasteiger partial charge in [-0.15, -0.1) is 0 Å². The number of rotatable bonds is 3. The Morgan fingerprint density at radius 1 is 1.44 bits per heavy atom. The Morgan fingerprint density at radius 3 is 2.78 bits per heavy atom. The Bertz CT molecular complexity index is 391. The monoisotopic (exact) mass is 246 g/mol. The summed E-state index contributed by atoms with van der Waals surface area (Å²) in [6.07, 6.45) is 2.90. The summed E-state index contributed by atoms with van der Waals surface area (Å²) in [5.41, 5.74) is 7.06. The van der Waals surface area contributed by atoms with Crippen molar-refractivity contribution in [2.45, 2.75) is 38.1 Å². The Kier molecular flexibility index (Phi) is 4.37. The molecule has 1 aromatic rings. The van der Waals surface area contributed by atoms with Crippen LogP contribution >= 0.6 is 0 Å². The fourth-order valence-electron chi connectivity index (χ4n) is 2.67. The van der Waals surface area contributed by atoms with Crippen molar-refractivity contribution in [3.63, 3.8) is 0 Å². The van der Waals surface area contributed by atoms with Gasteiger partial charge in [-0.25, -0.2) is 0 Å². The molecule has 0 bridgehead atoms. The van der Waals surface area contributed by atoms with Crippen LogP contribution in [0.25, 0.3) is 0 Å². The highest BCUT2D eigenvalue weighted by Crippen LogP contribution is 2.23. The van der Waals surface area contributed by atoms with Gasteiger partial charge in [-0.1, -0.05) is 37.3 Å². The summed E-state index contributed by atoms with van der Waals surface area (Å²) in [6, 6.07) is 10.2. The third kappa shape index (κ3) is 2.91. The molecule has 2 rings (SSSR count). The van der Waals surface area contributed by atoms with Gasteiger partial charge in [-0.05, 0) is 24.8 Å². The van der Waals surface area contributed by atoms with Crippen LogP contribution in [0, 0.1) is 0 Å². The van der Waals surface area contributed by atoms with Gasteiger partial charge in [-0.2, -0.15) is 0 Å². The maximum Gasteiger partial charge on any atom is 0.230 e. The van der Waals surface area contributed by atoms with Crippen LogP contribution in [0.15, 0.2) is 30.3 Å². The Labute approximate surface area is 109 Å². The van der Waals surface area contributed by atoms with Gasteiger partial charge in [0.2, 0.25) is 5.91 Å². The lowest BCUT2D eigenvalue weighted by Crippen LogP contribution is -2.47. The predicted molar refractivity (Wildman–Crippen MR) is 73.3 cm³/mol. The van der Waals surface area contributed by atoms with Crippen LogP contribution in [0.2, 0.25) is 0 Å². The van der Waals surface area contributed by atoms with E-state index in [4.69, 9.17) is 5.73 Å². The van der Waals surface area contributed by atoms with Crippen molar-refractivity contribution in [3.8, 4) is 0 Å². The van der Waals surface area contributed by atoms with Crippen LogP contribution in [-0.4, -0.2) is 29.9 Å². The molecule has 1 aliphatic rings. The SMILES string of the molecule is CCC(C(=O)N1CCC[C@@H](N)C1)c1ccccc1. The van der Waals surface area contributed by atoms with Crippen molar-refractivity contribution in [3.05, 3.63) is 35.9 Å². The number of carbonyl (C=O) groups excluding carboxylic acids is 1. The first-order chi connectivity index (χ1) is 8.72. The van der Waals surface area contributed by atoms with E-state index < -0.39 is 0 Å². The highest BCUT2D eigenvalue weighted by Gasteiger charge is 2.27. The van der Waals surface area contributed by atoms with E-state index in [1.54, 1.807) is 0 Å². The summed E-state index contributed by atoms with van der Waals surface area (Å²) < 4.78 is 0. The lowest BCUT2D eigenvalue weighted by molar-refractivity contribution is -0.134. The van der Waals surface area contributed by atoms with Crippen LogP contribution in [0.5, 0.6) is 0 Å². The number of hydrogen-bond donors (Lipinski definition) is 1. The van der Waals surface area contributed by atoms with E-state index in [2.05, 4.69) is 6.92 Å². The van der Waals surface area contributed by atoms with Crippen molar-refractivity contribution in [1.29, 1.82) is 0 Å². The van der Waals surface area contributed by atoms with Gasteiger partial charge in [0, 0.05) is 19.1 Å². The molecule has 2 atom stereocenters. The van der Waals surface area contributed by atoms with Gasteiger partial charge in [0.05, 0.1) is 5.92 Å². The minimum Gasteiger partial charge on any atom is -0.341 e. The zero-order valence-corrected chi connectivity index (χ0v) is 11.0. The van der Waals surface area contributed by atoms with Gasteiger partial charge in [0.1, 0.15) is 0 Å². The number of nitrogens with zero attached hydrogens (tertiary/aromatic N) is 1. The molecule has 1 fully saturated rings. The van der Waals surface area contributed by atoms with Crippen molar-refractivity contribution >= 4 is 5.91 Å². The fourth-order valence-corrected chi connectivity index (χ4v) is 2.67. The normalized spacial score (nSPS) is 21.7. The number of benzene rings is 1. The van der Waals surface area contributed by atoms with Crippen LogP contribution < -0.4 is 5.73 Å². The fraction of sp³-hybridized carbons (Fsp3) is 0.533. The molecule has 0 aliphatic carbocycles. The molecule has 1 unspecified atom stereocenters. The third-order valence-electron chi connectivity index (χ3n) is 3.68. The average molecular weight is 246 g/mol. The minimum atomic E-state index is -0.0171. The molecule has 98 valence electrons. The maximum absolute atomic E-state index is 12.5. The molecule has 0 saturated carbocycles. The molecule has 1 heterocycles. The summed E-state index contributed by atoms with van der Waals surface area (Å²) in [6.45, 7) is 3.64. The number of likely N-dealkylation sites (tertiary alicyclic amines) is 1. The summed E-state index contributed by atoms with van der Waals surface area (Å²) in [4.78, 5) is 14.5. The number of carbonyl (C=O) groups is 1. The van der Waals surface area contributed by atoms with Crippen molar-refractivity contribution in [1.82, 2.24) is 4.90 Å². The first-order valence-electron chi connectivity index (χ1n) is 6.81. The average Bonchev–Trinajstić information content (AvgIpc) is 2.41. The van der Waals surface area contributed by atoms with E-state index in [0.29, 0.717) is 6.54 Å². The standard InChI is InChI=1S/C15H22N2O/c1-2-14(12-7-4-3-5-8-12)15(18)17-10-6-9-13(16)11-17/h3-5,7-8,13-14H,2,6,9-11,16H2,1H3/t13-,14?/m1/s1. The van der Waals surface area contributed by atoms with E-state index in [0.717, 1.165) is 31.4 Å². The molecule has 1 aromatic carbocycles. The topological polar surface area (TPSA) is 46.3 Å². The van der Waals surface area contributed by atoms with Crippen LogP contribution in [0.1, 0.15) is 37.7 Å². The summed E-state index contributed by atoms with van der Waals surface area (Å²) in [5.74, 6) is 0.218. The van der Waals surface area contributed by atoms with Crippen molar-refractivity contribution in [2.75, 3.05) is 13.1 Å². The number of piperidine rings is 1. The molecule has 1 amide bonds. The minimum absolute atomic E-state index is 0.0171. The summed E-state index contributed by atoms with van der Waals surface area (Å²) >= 11 is 0. The predicted octanol–water partition coefficient (Wildman–Crippen LogP) is 2.13. The lowest BCUT2D eigenvalue weighted by Gasteiger charge is -2.33. The summed E-state index contributed by atoms with van der Waals surface area (Å²) in [5, 5.41) is 0. The molecule has 0 spiro atoms. The van der Waals surface area contributed by atoms with Gasteiger partial charge in [0.25, 0.3) is 0 Å². The Morgan fingerprint density at radius 2 is 2.17 bits per heavy atom. The second kappa shape index (κ2) is 6.01. The molecule has 2 N–H and O–H groups in total. The first kappa shape index (κ1) is 13.1. The second-order valence-corrected chi connectivity index (χ2v) is 5.06. The number of amides is 1. The van der Waals surface area contributed by atoms with Crippen molar-refractivity contribution < 1.29 is 4.79 Å². The highest BCUT2D eigenvalue weighted by molar-refractivity contribution is 5.83. The molecule has 0 aromatic heterocycles. The molecule has 18 heavy (non-hydrogen) atoms. The molecule has 3 nitrogen and oxygen atoms in total. The van der Waals surface area contributed by atoms with Gasteiger partial charge in [-0.3, -0.25) is 4.79 Å². The highest BCUT2D eigenvalue weighted by atomic mass is 16.2. The number of nitrogens with two attached hydrogens (primary N) is 1. The third-order valence-corrected chi connectivity index (χ3v) is 3.68. The van der Waals surface area contributed by atoms with Gasteiger partial charge >= 0.3 is 0 Å². The summed E-state index contributed by atoms with van der Waals surface area (Å²) in [7, 11) is 0. The molecule has 1 saturated heterocycles. The van der Waals surface area contributed by atoms with Gasteiger partial charge < -0.3 is 10.6 Å². The van der Waals surface area contributed by atoms with E-state index >= 15 is 0 Å². The smallest absolute Gasteiger partial charge is 0.230 e. The van der Waals surface area contributed by atoms with E-state index in [1.807, 2.05) is 35.2 Å². The van der Waals surface area contributed by atoms with Gasteiger partial charge in [0.15, 0.2) is 0 Å². The second-order valence-electron chi connectivity index (χ2n) is 5.06. The zero-order valence-electron chi connectivity index (χ0n) is 11.0. The van der Waals surface area contributed by atoms with E-state index in [-0.39, 0.29) is 17.9 Å². The van der Waals surface area contributed by atoms with E-state index in [1.165, 1.54) is 0 Å². The quantitative estimate of drug-likeness (QED) is 0.888. The molecular weight excluding hydrogens is 224 g/mol. The molecular formula is C15H22N2O. The zero-order chi connectivity index (χ0) is 13.0. The van der Waals surface area contributed by atoms with E-state index in [9.17, 15) is 4.79 Å². The van der Waals surface area contributed by atoms with Crippen LogP contribution in [0.3, 0.4) is 0 Å².